The van der Waals surface area contributed by atoms with E-state index in [1.807, 2.05) is 6.92 Å². The lowest BCUT2D eigenvalue weighted by Crippen LogP contribution is -2.36. The molecule has 0 aliphatic carbocycles. The number of aryl methyl sites for hydroxylation is 1. The maximum atomic E-state index is 11.4. The Morgan fingerprint density at radius 2 is 2.39 bits per heavy atom. The van der Waals surface area contributed by atoms with E-state index in [0.29, 0.717) is 6.04 Å². The molecule has 1 aliphatic heterocycles. The van der Waals surface area contributed by atoms with Crippen LogP contribution >= 0.6 is 0 Å². The summed E-state index contributed by atoms with van der Waals surface area (Å²) in [5.41, 5.74) is 3.16. The van der Waals surface area contributed by atoms with Crippen LogP contribution in [0.25, 0.3) is 0 Å². The van der Waals surface area contributed by atoms with E-state index in [9.17, 15) is 4.79 Å². The van der Waals surface area contributed by atoms with Crippen molar-refractivity contribution >= 4 is 5.91 Å². The van der Waals surface area contributed by atoms with Crippen molar-refractivity contribution in [2.45, 2.75) is 45.7 Å². The van der Waals surface area contributed by atoms with Crippen LogP contribution in [0.1, 0.15) is 48.1 Å². The number of likely N-dealkylation sites (tertiary alicyclic amines) is 1. The molecule has 1 amide bonds. The fourth-order valence-electron chi connectivity index (χ4n) is 2.47. The lowest BCUT2D eigenvalue weighted by molar-refractivity contribution is 0.0924. The Balaban J connectivity index is 2.09. The first-order valence-electron chi connectivity index (χ1n) is 6.46. The van der Waals surface area contributed by atoms with Gasteiger partial charge in [-0.25, -0.2) is 5.84 Å². The zero-order valence-corrected chi connectivity index (χ0v) is 11.0. The Labute approximate surface area is 107 Å². The third-order valence-electron chi connectivity index (χ3n) is 3.69. The zero-order chi connectivity index (χ0) is 13.1. The van der Waals surface area contributed by atoms with Gasteiger partial charge in [0.25, 0.3) is 0 Å². The highest BCUT2D eigenvalue weighted by molar-refractivity contribution is 5.91. The van der Waals surface area contributed by atoms with E-state index in [4.69, 9.17) is 10.3 Å². The summed E-state index contributed by atoms with van der Waals surface area (Å²) in [7, 11) is 0. The van der Waals surface area contributed by atoms with Gasteiger partial charge in [-0.15, -0.1) is 0 Å². The van der Waals surface area contributed by atoms with E-state index in [0.717, 1.165) is 24.4 Å². The molecule has 1 aromatic heterocycles. The zero-order valence-electron chi connectivity index (χ0n) is 11.0. The predicted molar refractivity (Wildman–Crippen MR) is 68.8 cm³/mol. The topological polar surface area (TPSA) is 71.5 Å². The highest BCUT2D eigenvalue weighted by atomic mass is 16.4. The molecule has 2 heterocycles. The van der Waals surface area contributed by atoms with Crippen molar-refractivity contribution < 1.29 is 9.21 Å². The number of nitrogen functional groups attached to an aromatic ring is 1. The molecule has 1 fully saturated rings. The van der Waals surface area contributed by atoms with Gasteiger partial charge in [0.2, 0.25) is 0 Å². The molecule has 1 aromatic rings. The molecule has 1 atom stereocenters. The Morgan fingerprint density at radius 3 is 3.06 bits per heavy atom. The van der Waals surface area contributed by atoms with Crippen LogP contribution in [-0.4, -0.2) is 23.4 Å². The molecule has 0 aromatic carbocycles. The summed E-state index contributed by atoms with van der Waals surface area (Å²) in [5.74, 6) is 5.81. The summed E-state index contributed by atoms with van der Waals surface area (Å²) in [6.07, 6.45) is 3.80. The molecule has 1 saturated heterocycles. The number of rotatable bonds is 3. The Kier molecular flexibility index (Phi) is 4.04. The minimum Gasteiger partial charge on any atom is -0.456 e. The van der Waals surface area contributed by atoms with Crippen molar-refractivity contribution in [3.8, 4) is 0 Å². The van der Waals surface area contributed by atoms with Gasteiger partial charge in [-0.3, -0.25) is 15.1 Å². The fraction of sp³-hybridized carbons (Fsp3) is 0.615. The van der Waals surface area contributed by atoms with Crippen molar-refractivity contribution in [2.75, 3.05) is 6.54 Å². The standard InChI is InChI=1S/C13H21N3O2/c1-9-5-3-4-6-16(9)8-11-7-12(13(17)15-14)18-10(11)2/h7,9H,3-6,8,14H2,1-2H3,(H,15,17). The molecule has 0 spiro atoms. The number of carbonyl (C=O) groups is 1. The van der Waals surface area contributed by atoms with Crippen LogP contribution in [-0.2, 0) is 6.54 Å². The second kappa shape index (κ2) is 5.54. The number of nitrogens with one attached hydrogen (secondary N) is 1. The fourth-order valence-corrected chi connectivity index (χ4v) is 2.47. The van der Waals surface area contributed by atoms with Gasteiger partial charge in [0, 0.05) is 18.2 Å². The number of amides is 1. The van der Waals surface area contributed by atoms with E-state index in [-0.39, 0.29) is 11.7 Å². The number of nitrogens with zero attached hydrogens (tertiary/aromatic N) is 1. The van der Waals surface area contributed by atoms with Gasteiger partial charge in [-0.2, -0.15) is 0 Å². The predicted octanol–water partition coefficient (Wildman–Crippen LogP) is 1.57. The van der Waals surface area contributed by atoms with Crippen molar-refractivity contribution in [3.05, 3.63) is 23.2 Å². The van der Waals surface area contributed by atoms with Crippen LogP contribution < -0.4 is 11.3 Å². The maximum Gasteiger partial charge on any atom is 0.300 e. The Hall–Kier alpha value is -1.33. The molecular formula is C13H21N3O2. The first kappa shape index (κ1) is 13.1. The molecule has 2 rings (SSSR count). The second-order valence-corrected chi connectivity index (χ2v) is 4.98. The number of hydrogen-bond acceptors (Lipinski definition) is 4. The minimum absolute atomic E-state index is 0.287. The molecule has 18 heavy (non-hydrogen) atoms. The summed E-state index contributed by atoms with van der Waals surface area (Å²) < 4.78 is 5.43. The van der Waals surface area contributed by atoms with Gasteiger partial charge in [0.15, 0.2) is 5.76 Å². The lowest BCUT2D eigenvalue weighted by Gasteiger charge is -2.33. The van der Waals surface area contributed by atoms with Crippen LogP contribution in [0, 0.1) is 6.92 Å². The number of piperidine rings is 1. The van der Waals surface area contributed by atoms with Gasteiger partial charge in [0.1, 0.15) is 5.76 Å². The van der Waals surface area contributed by atoms with Crippen LogP contribution in [0.4, 0.5) is 0 Å². The molecule has 100 valence electrons. The van der Waals surface area contributed by atoms with E-state index in [1.54, 1.807) is 6.07 Å². The number of hydrazine groups is 1. The van der Waals surface area contributed by atoms with Gasteiger partial charge >= 0.3 is 5.91 Å². The second-order valence-electron chi connectivity index (χ2n) is 4.98. The first-order chi connectivity index (χ1) is 8.61. The molecule has 0 bridgehead atoms. The van der Waals surface area contributed by atoms with Gasteiger partial charge < -0.3 is 4.42 Å². The third kappa shape index (κ3) is 2.73. The van der Waals surface area contributed by atoms with E-state index in [2.05, 4.69) is 17.2 Å². The smallest absolute Gasteiger partial charge is 0.300 e. The average molecular weight is 251 g/mol. The number of hydrogen-bond donors (Lipinski definition) is 2. The van der Waals surface area contributed by atoms with Crippen molar-refractivity contribution in [1.82, 2.24) is 10.3 Å². The van der Waals surface area contributed by atoms with E-state index in [1.165, 1.54) is 19.3 Å². The molecule has 5 heteroatoms. The normalized spacial score (nSPS) is 20.9. The molecule has 0 radical (unpaired) electrons. The van der Waals surface area contributed by atoms with Crippen LogP contribution in [0.15, 0.2) is 10.5 Å². The highest BCUT2D eigenvalue weighted by Gasteiger charge is 2.21. The number of furan rings is 1. The molecule has 0 saturated carbocycles. The average Bonchev–Trinajstić information content (AvgIpc) is 2.73. The maximum absolute atomic E-state index is 11.4. The van der Waals surface area contributed by atoms with Gasteiger partial charge in [-0.05, 0) is 39.3 Å². The van der Waals surface area contributed by atoms with Crippen molar-refractivity contribution in [3.63, 3.8) is 0 Å². The Morgan fingerprint density at radius 1 is 1.61 bits per heavy atom. The first-order valence-corrected chi connectivity index (χ1v) is 6.46. The van der Waals surface area contributed by atoms with Crippen molar-refractivity contribution in [1.29, 1.82) is 0 Å². The summed E-state index contributed by atoms with van der Waals surface area (Å²) in [5, 5.41) is 0. The van der Waals surface area contributed by atoms with Crippen molar-refractivity contribution in [2.24, 2.45) is 5.84 Å². The summed E-state index contributed by atoms with van der Waals surface area (Å²) >= 11 is 0. The van der Waals surface area contributed by atoms with Gasteiger partial charge in [-0.1, -0.05) is 6.42 Å². The largest absolute Gasteiger partial charge is 0.456 e. The molecule has 1 aliphatic rings. The van der Waals surface area contributed by atoms with E-state index >= 15 is 0 Å². The third-order valence-corrected chi connectivity index (χ3v) is 3.69. The molecular weight excluding hydrogens is 230 g/mol. The van der Waals surface area contributed by atoms with Crippen LogP contribution in [0.2, 0.25) is 0 Å². The number of nitrogens with two attached hydrogens (primary N) is 1. The molecule has 5 nitrogen and oxygen atoms in total. The summed E-state index contributed by atoms with van der Waals surface area (Å²) in [6, 6.07) is 2.39. The molecule has 1 unspecified atom stereocenters. The quantitative estimate of drug-likeness (QED) is 0.486. The number of carbonyl (C=O) groups excluding carboxylic acids is 1. The van der Waals surface area contributed by atoms with E-state index < -0.39 is 0 Å². The van der Waals surface area contributed by atoms with Crippen LogP contribution in [0.5, 0.6) is 0 Å². The molecule has 3 N–H and O–H groups in total. The summed E-state index contributed by atoms with van der Waals surface area (Å²) in [6.45, 7) is 6.10. The monoisotopic (exact) mass is 251 g/mol. The lowest BCUT2D eigenvalue weighted by atomic mass is 10.0. The SMILES string of the molecule is Cc1oc(C(=O)NN)cc1CN1CCCCC1C. The minimum atomic E-state index is -0.379. The summed E-state index contributed by atoms with van der Waals surface area (Å²) in [4.78, 5) is 13.8. The van der Waals surface area contributed by atoms with Crippen LogP contribution in [0.3, 0.4) is 0 Å². The Bertz CT molecular complexity index is 428. The van der Waals surface area contributed by atoms with Gasteiger partial charge in [0.05, 0.1) is 0 Å². The highest BCUT2D eigenvalue weighted by Crippen LogP contribution is 2.22.